The predicted octanol–water partition coefficient (Wildman–Crippen LogP) is 0.279. The molecule has 1 aromatic rings. The van der Waals surface area contributed by atoms with Crippen LogP contribution in [0.15, 0.2) is 22.7 Å². The third-order valence-corrected chi connectivity index (χ3v) is 2.89. The largest absolute Gasteiger partial charge is 0.350 e. The van der Waals surface area contributed by atoms with Gasteiger partial charge in [-0.05, 0) is 23.8 Å². The Labute approximate surface area is 112 Å². The lowest BCUT2D eigenvalue weighted by Crippen LogP contribution is -2.39. The molecule has 0 unspecified atom stereocenters. The highest BCUT2D eigenvalue weighted by atomic mass is 79.9. The molecule has 0 aliphatic heterocycles. The van der Waals surface area contributed by atoms with E-state index in [1.165, 1.54) is 12.1 Å². The maximum absolute atomic E-state index is 13.0. The minimum atomic E-state index is -0.405. The molecule has 0 saturated heterocycles. The van der Waals surface area contributed by atoms with Crippen molar-refractivity contribution in [1.29, 1.82) is 0 Å². The Morgan fingerprint density at radius 3 is 2.67 bits per heavy atom. The number of amides is 2. The molecule has 0 fully saturated rings. The molecular weight excluding hydrogens is 305 g/mol. The van der Waals surface area contributed by atoms with Gasteiger partial charge in [-0.1, -0.05) is 15.9 Å². The van der Waals surface area contributed by atoms with E-state index in [4.69, 9.17) is 5.73 Å². The van der Waals surface area contributed by atoms with Crippen LogP contribution in [0, 0.1) is 5.82 Å². The monoisotopic (exact) mass is 317 g/mol. The van der Waals surface area contributed by atoms with Gasteiger partial charge in [-0.2, -0.15) is 0 Å². The van der Waals surface area contributed by atoms with Crippen molar-refractivity contribution in [1.82, 2.24) is 10.6 Å². The van der Waals surface area contributed by atoms with E-state index < -0.39 is 5.91 Å². The highest BCUT2D eigenvalue weighted by Crippen LogP contribution is 2.17. The Morgan fingerprint density at radius 2 is 2.00 bits per heavy atom. The van der Waals surface area contributed by atoms with Crippen LogP contribution in [-0.4, -0.2) is 24.9 Å². The first-order valence-electron chi connectivity index (χ1n) is 5.20. The zero-order valence-corrected chi connectivity index (χ0v) is 11.1. The minimum Gasteiger partial charge on any atom is -0.350 e. The summed E-state index contributed by atoms with van der Waals surface area (Å²) < 4.78 is 13.7. The Hall–Kier alpha value is -1.47. The van der Waals surface area contributed by atoms with Gasteiger partial charge in [-0.3, -0.25) is 9.59 Å². The third-order valence-electron chi connectivity index (χ3n) is 2.12. The summed E-state index contributed by atoms with van der Waals surface area (Å²) in [4.78, 5) is 22.2. The zero-order chi connectivity index (χ0) is 13.5. The summed E-state index contributed by atoms with van der Waals surface area (Å²) in [6.45, 7) is -0.138. The van der Waals surface area contributed by atoms with E-state index >= 15 is 0 Å². The van der Waals surface area contributed by atoms with Crippen LogP contribution in [0.1, 0.15) is 5.56 Å². The first kappa shape index (κ1) is 14.6. The van der Waals surface area contributed by atoms with Gasteiger partial charge < -0.3 is 16.4 Å². The lowest BCUT2D eigenvalue weighted by Gasteiger charge is -2.08. The molecule has 0 radical (unpaired) electrons. The topological polar surface area (TPSA) is 84.2 Å². The molecule has 0 bridgehead atoms. The lowest BCUT2D eigenvalue weighted by atomic mass is 10.2. The van der Waals surface area contributed by atoms with E-state index in [1.807, 2.05) is 0 Å². The standard InChI is InChI=1S/C11H13BrFN3O2/c12-9-2-1-8(13)3-7(9)5-15-11(18)6-16-10(17)4-14/h1-3H,4-6,14H2,(H,15,18)(H,16,17). The van der Waals surface area contributed by atoms with E-state index in [0.717, 1.165) is 0 Å². The number of hydrogen-bond donors (Lipinski definition) is 3. The van der Waals surface area contributed by atoms with Crippen molar-refractivity contribution in [3.8, 4) is 0 Å². The molecule has 0 atom stereocenters. The molecule has 1 aromatic carbocycles. The molecule has 7 heteroatoms. The molecule has 0 aliphatic rings. The van der Waals surface area contributed by atoms with Gasteiger partial charge in [-0.25, -0.2) is 4.39 Å². The van der Waals surface area contributed by atoms with Gasteiger partial charge in [0.05, 0.1) is 13.1 Å². The molecule has 0 saturated carbocycles. The average molecular weight is 318 g/mol. The normalized spacial score (nSPS) is 9.94. The number of halogens is 2. The molecule has 0 heterocycles. The molecule has 2 amide bonds. The summed E-state index contributed by atoms with van der Waals surface area (Å²) in [5, 5.41) is 4.89. The van der Waals surface area contributed by atoms with Crippen LogP contribution in [0.2, 0.25) is 0 Å². The molecule has 0 aliphatic carbocycles. The van der Waals surface area contributed by atoms with Gasteiger partial charge in [-0.15, -0.1) is 0 Å². The summed E-state index contributed by atoms with van der Waals surface area (Å²) in [7, 11) is 0. The van der Waals surface area contributed by atoms with Crippen LogP contribution in [0.4, 0.5) is 4.39 Å². The Kier molecular flexibility index (Phi) is 5.73. The number of rotatable bonds is 5. The molecule has 0 aromatic heterocycles. The van der Waals surface area contributed by atoms with Gasteiger partial charge in [0, 0.05) is 11.0 Å². The van der Waals surface area contributed by atoms with E-state index in [9.17, 15) is 14.0 Å². The molecule has 98 valence electrons. The fourth-order valence-corrected chi connectivity index (χ4v) is 1.57. The van der Waals surface area contributed by atoms with E-state index in [2.05, 4.69) is 26.6 Å². The van der Waals surface area contributed by atoms with Crippen LogP contribution in [0.25, 0.3) is 0 Å². The molecule has 4 N–H and O–H groups in total. The Balaban J connectivity index is 2.42. The minimum absolute atomic E-state index is 0.150. The van der Waals surface area contributed by atoms with E-state index in [1.54, 1.807) is 6.07 Å². The fourth-order valence-electron chi connectivity index (χ4n) is 1.19. The second kappa shape index (κ2) is 7.07. The number of benzene rings is 1. The second-order valence-corrected chi connectivity index (χ2v) is 4.35. The maximum Gasteiger partial charge on any atom is 0.239 e. The SMILES string of the molecule is NCC(=O)NCC(=O)NCc1cc(F)ccc1Br. The first-order valence-corrected chi connectivity index (χ1v) is 5.99. The highest BCUT2D eigenvalue weighted by Gasteiger charge is 2.06. The van der Waals surface area contributed by atoms with Crippen LogP contribution in [0.3, 0.4) is 0 Å². The van der Waals surface area contributed by atoms with Crippen LogP contribution in [0.5, 0.6) is 0 Å². The van der Waals surface area contributed by atoms with E-state index in [-0.39, 0.29) is 31.4 Å². The van der Waals surface area contributed by atoms with Crippen molar-refractivity contribution in [3.63, 3.8) is 0 Å². The zero-order valence-electron chi connectivity index (χ0n) is 9.50. The summed E-state index contributed by atoms with van der Waals surface area (Å²) in [5.74, 6) is -1.15. The van der Waals surface area contributed by atoms with Crippen molar-refractivity contribution in [2.75, 3.05) is 13.1 Å². The number of hydrogen-bond acceptors (Lipinski definition) is 3. The first-order chi connectivity index (χ1) is 8.52. The molecule has 5 nitrogen and oxygen atoms in total. The number of nitrogens with one attached hydrogen (secondary N) is 2. The molecule has 18 heavy (non-hydrogen) atoms. The summed E-state index contributed by atoms with van der Waals surface area (Å²) >= 11 is 3.25. The molecule has 0 spiro atoms. The highest BCUT2D eigenvalue weighted by molar-refractivity contribution is 9.10. The van der Waals surface area contributed by atoms with Crippen molar-refractivity contribution in [2.45, 2.75) is 6.54 Å². The number of carbonyl (C=O) groups excluding carboxylic acids is 2. The molecule has 1 rings (SSSR count). The number of nitrogens with two attached hydrogens (primary N) is 1. The Bertz CT molecular complexity index is 454. The van der Waals surface area contributed by atoms with Gasteiger partial charge in [0.1, 0.15) is 5.82 Å². The van der Waals surface area contributed by atoms with Crippen molar-refractivity contribution >= 4 is 27.7 Å². The molecular formula is C11H13BrFN3O2. The van der Waals surface area contributed by atoms with Crippen molar-refractivity contribution in [3.05, 3.63) is 34.1 Å². The smallest absolute Gasteiger partial charge is 0.239 e. The second-order valence-electron chi connectivity index (χ2n) is 3.49. The average Bonchev–Trinajstić information content (AvgIpc) is 2.36. The van der Waals surface area contributed by atoms with Crippen molar-refractivity contribution in [2.24, 2.45) is 5.73 Å². The van der Waals surface area contributed by atoms with Crippen LogP contribution < -0.4 is 16.4 Å². The lowest BCUT2D eigenvalue weighted by molar-refractivity contribution is -0.125. The maximum atomic E-state index is 13.0. The summed E-state index contributed by atoms with van der Waals surface area (Å²) in [5.41, 5.74) is 5.69. The fraction of sp³-hybridized carbons (Fsp3) is 0.273. The Morgan fingerprint density at radius 1 is 1.28 bits per heavy atom. The van der Waals surface area contributed by atoms with Gasteiger partial charge >= 0.3 is 0 Å². The van der Waals surface area contributed by atoms with Crippen LogP contribution >= 0.6 is 15.9 Å². The van der Waals surface area contributed by atoms with Crippen LogP contribution in [-0.2, 0) is 16.1 Å². The predicted molar refractivity (Wildman–Crippen MR) is 68.0 cm³/mol. The van der Waals surface area contributed by atoms with E-state index in [0.29, 0.717) is 10.0 Å². The van der Waals surface area contributed by atoms with Gasteiger partial charge in [0.15, 0.2) is 0 Å². The van der Waals surface area contributed by atoms with Gasteiger partial charge in [0.25, 0.3) is 0 Å². The number of carbonyl (C=O) groups is 2. The third kappa shape index (κ3) is 4.80. The van der Waals surface area contributed by atoms with Gasteiger partial charge in [0.2, 0.25) is 11.8 Å². The summed E-state index contributed by atoms with van der Waals surface area (Å²) in [6, 6.07) is 4.20. The summed E-state index contributed by atoms with van der Waals surface area (Å²) in [6.07, 6.45) is 0. The quantitative estimate of drug-likeness (QED) is 0.729. The van der Waals surface area contributed by atoms with Crippen molar-refractivity contribution < 1.29 is 14.0 Å².